The van der Waals surface area contributed by atoms with Crippen LogP contribution in [-0.4, -0.2) is 38.9 Å². The summed E-state index contributed by atoms with van der Waals surface area (Å²) < 4.78 is 0. The van der Waals surface area contributed by atoms with Gasteiger partial charge in [0, 0.05) is 13.6 Å². The lowest BCUT2D eigenvalue weighted by Gasteiger charge is -2.07. The van der Waals surface area contributed by atoms with Gasteiger partial charge in [0.05, 0.1) is 12.4 Å². The molecule has 0 aromatic carbocycles. The number of hydrogen-bond donors (Lipinski definition) is 2. The van der Waals surface area contributed by atoms with Crippen LogP contribution in [0.5, 0.6) is 0 Å². The first-order valence-electron chi connectivity index (χ1n) is 4.12. The summed E-state index contributed by atoms with van der Waals surface area (Å²) in [6.07, 6.45) is 0. The third kappa shape index (κ3) is 4.85. The second kappa shape index (κ2) is 6.79. The number of likely N-dealkylation sites (N-methyl/N-ethyl adjacent to an activating group) is 1. The molecule has 0 saturated heterocycles. The second-order valence-corrected chi connectivity index (χ2v) is 2.39. The molecule has 0 heterocycles. The number of rotatable bonds is 3. The van der Waals surface area contributed by atoms with Gasteiger partial charge in [-0.3, -0.25) is 9.98 Å². The average molecular weight is 170 g/mol. The summed E-state index contributed by atoms with van der Waals surface area (Å²) in [4.78, 5) is 8.25. The van der Waals surface area contributed by atoms with Gasteiger partial charge in [0.1, 0.15) is 5.84 Å². The molecule has 0 aliphatic rings. The van der Waals surface area contributed by atoms with Gasteiger partial charge in [-0.2, -0.15) is 0 Å². The Balaban J connectivity index is 3.95. The first kappa shape index (κ1) is 11.1. The van der Waals surface area contributed by atoms with E-state index in [1.807, 2.05) is 20.9 Å². The Kier molecular flexibility index (Phi) is 6.28. The first-order valence-corrected chi connectivity index (χ1v) is 4.12. The fourth-order valence-electron chi connectivity index (χ4n) is 0.832. The molecule has 0 aliphatic heterocycles. The van der Waals surface area contributed by atoms with Gasteiger partial charge in [-0.05, 0) is 20.9 Å². The van der Waals surface area contributed by atoms with Crippen molar-refractivity contribution >= 4 is 11.7 Å². The quantitative estimate of drug-likeness (QED) is 0.471. The van der Waals surface area contributed by atoms with E-state index in [0.29, 0.717) is 0 Å². The predicted octanol–water partition coefficient (Wildman–Crippen LogP) is 0.262. The molecule has 0 unspecified atom stereocenters. The number of nitrogens with one attached hydrogen (secondary N) is 2. The van der Waals surface area contributed by atoms with Crippen LogP contribution in [0.25, 0.3) is 0 Å². The highest BCUT2D eigenvalue weighted by Crippen LogP contribution is 1.75. The third-order valence-corrected chi connectivity index (χ3v) is 1.33. The van der Waals surface area contributed by atoms with Gasteiger partial charge in [0.15, 0.2) is 0 Å². The molecule has 4 heteroatoms. The minimum Gasteiger partial charge on any atom is -0.332 e. The molecule has 0 aliphatic carbocycles. The van der Waals surface area contributed by atoms with E-state index in [1.165, 1.54) is 0 Å². The van der Waals surface area contributed by atoms with Crippen LogP contribution in [0.1, 0.15) is 13.8 Å². The van der Waals surface area contributed by atoms with Gasteiger partial charge >= 0.3 is 0 Å². The second-order valence-electron chi connectivity index (χ2n) is 2.39. The normalized spacial score (nSPS) is 13.3. The van der Waals surface area contributed by atoms with Crippen molar-refractivity contribution < 1.29 is 0 Å². The van der Waals surface area contributed by atoms with Gasteiger partial charge in [-0.25, -0.2) is 0 Å². The molecule has 0 rings (SSSR count). The van der Waals surface area contributed by atoms with Crippen molar-refractivity contribution in [3.05, 3.63) is 0 Å². The molecule has 0 radical (unpaired) electrons. The Morgan fingerprint density at radius 1 is 1.42 bits per heavy atom. The maximum Gasteiger partial charge on any atom is 0.115 e. The average Bonchev–Trinajstić information content (AvgIpc) is 2.04. The van der Waals surface area contributed by atoms with Crippen LogP contribution in [0.15, 0.2) is 9.98 Å². The summed E-state index contributed by atoms with van der Waals surface area (Å²) in [7, 11) is 3.65. The molecule has 4 nitrogen and oxygen atoms in total. The lowest BCUT2D eigenvalue weighted by atomic mass is 10.5. The molecule has 0 spiro atoms. The van der Waals surface area contributed by atoms with E-state index < -0.39 is 0 Å². The lowest BCUT2D eigenvalue weighted by Crippen LogP contribution is -2.35. The van der Waals surface area contributed by atoms with Gasteiger partial charge in [0.2, 0.25) is 0 Å². The highest BCUT2D eigenvalue weighted by Gasteiger charge is 1.95. The van der Waals surface area contributed by atoms with Crippen molar-refractivity contribution in [1.82, 2.24) is 10.6 Å². The molecule has 2 N–H and O–H groups in total. The van der Waals surface area contributed by atoms with Crippen LogP contribution in [0, 0.1) is 0 Å². The summed E-state index contributed by atoms with van der Waals surface area (Å²) >= 11 is 0. The van der Waals surface area contributed by atoms with E-state index in [1.54, 1.807) is 7.05 Å². The molecule has 0 atom stereocenters. The minimum absolute atomic E-state index is 0.743. The van der Waals surface area contributed by atoms with Crippen LogP contribution in [0.4, 0.5) is 0 Å². The van der Waals surface area contributed by atoms with Crippen molar-refractivity contribution in [2.45, 2.75) is 13.8 Å². The molecule has 0 aromatic heterocycles. The van der Waals surface area contributed by atoms with E-state index in [0.717, 1.165) is 24.8 Å². The van der Waals surface area contributed by atoms with Gasteiger partial charge in [-0.1, -0.05) is 0 Å². The lowest BCUT2D eigenvalue weighted by molar-refractivity contribution is 0.923. The molecular formula is C8H18N4. The number of nitrogens with zero attached hydrogens (tertiary/aromatic N) is 2. The van der Waals surface area contributed by atoms with Crippen molar-refractivity contribution in [3.8, 4) is 0 Å². The van der Waals surface area contributed by atoms with Crippen LogP contribution in [0.3, 0.4) is 0 Å². The summed E-state index contributed by atoms with van der Waals surface area (Å²) in [6, 6.07) is 0. The third-order valence-electron chi connectivity index (χ3n) is 1.33. The molecule has 0 saturated carbocycles. The van der Waals surface area contributed by atoms with Gasteiger partial charge < -0.3 is 10.6 Å². The van der Waals surface area contributed by atoms with Gasteiger partial charge in [0.25, 0.3) is 0 Å². The Hall–Kier alpha value is -0.900. The van der Waals surface area contributed by atoms with E-state index in [4.69, 9.17) is 0 Å². The molecule has 0 fully saturated rings. The largest absolute Gasteiger partial charge is 0.332 e. The topological polar surface area (TPSA) is 48.8 Å². The molecule has 0 amide bonds. The Labute approximate surface area is 74.2 Å². The van der Waals surface area contributed by atoms with Crippen molar-refractivity contribution in [2.24, 2.45) is 9.98 Å². The number of aliphatic imine (C=N–C) groups is 2. The zero-order chi connectivity index (χ0) is 9.40. The van der Waals surface area contributed by atoms with Crippen molar-refractivity contribution in [3.63, 3.8) is 0 Å². The number of hydrogen-bond acceptors (Lipinski definition) is 3. The monoisotopic (exact) mass is 170 g/mol. The smallest absolute Gasteiger partial charge is 0.115 e. The van der Waals surface area contributed by atoms with Crippen LogP contribution < -0.4 is 10.6 Å². The summed E-state index contributed by atoms with van der Waals surface area (Å²) in [6.45, 7) is 5.48. The standard InChI is InChI=1S/C8H18N4/c1-5-11-7(2)12-8(10-4)6-9-3/h9H,5-6H2,1-4H3,(H,10,11,12). The zero-order valence-electron chi connectivity index (χ0n) is 8.31. The Morgan fingerprint density at radius 2 is 2.08 bits per heavy atom. The molecular weight excluding hydrogens is 152 g/mol. The number of amidine groups is 2. The van der Waals surface area contributed by atoms with Crippen LogP contribution in [0.2, 0.25) is 0 Å². The molecule has 0 bridgehead atoms. The maximum absolute atomic E-state index is 4.19. The fraction of sp³-hybridized carbons (Fsp3) is 0.750. The highest BCUT2D eigenvalue weighted by molar-refractivity contribution is 6.00. The van der Waals surface area contributed by atoms with Crippen molar-refractivity contribution in [1.29, 1.82) is 0 Å². The van der Waals surface area contributed by atoms with E-state index >= 15 is 0 Å². The zero-order valence-corrected chi connectivity index (χ0v) is 8.31. The Morgan fingerprint density at radius 3 is 2.50 bits per heavy atom. The summed E-state index contributed by atoms with van der Waals surface area (Å²) in [5, 5.41) is 6.12. The molecule has 12 heavy (non-hydrogen) atoms. The predicted molar refractivity (Wildman–Crippen MR) is 54.1 cm³/mol. The van der Waals surface area contributed by atoms with Crippen LogP contribution >= 0.6 is 0 Å². The summed E-state index contributed by atoms with van der Waals surface area (Å²) in [5.41, 5.74) is 0. The summed E-state index contributed by atoms with van der Waals surface area (Å²) in [5.74, 6) is 1.82. The fourth-order valence-corrected chi connectivity index (χ4v) is 0.832. The van der Waals surface area contributed by atoms with Crippen LogP contribution in [-0.2, 0) is 0 Å². The molecule has 0 aromatic rings. The van der Waals surface area contributed by atoms with E-state index in [2.05, 4.69) is 20.6 Å². The minimum atomic E-state index is 0.743. The van der Waals surface area contributed by atoms with E-state index in [-0.39, 0.29) is 0 Å². The maximum atomic E-state index is 4.19. The van der Waals surface area contributed by atoms with Gasteiger partial charge in [-0.15, -0.1) is 0 Å². The highest BCUT2D eigenvalue weighted by atomic mass is 15.1. The molecule has 70 valence electrons. The van der Waals surface area contributed by atoms with Crippen molar-refractivity contribution in [2.75, 3.05) is 27.2 Å². The first-order chi connectivity index (χ1) is 5.74. The van der Waals surface area contributed by atoms with E-state index in [9.17, 15) is 0 Å². The SMILES string of the molecule is CCN=C(C)NC(CNC)=NC. The Bertz CT molecular complexity index is 172.